The smallest absolute Gasteiger partial charge is 0.258 e. The minimum atomic E-state index is -0.180. The molecule has 246 valence electrons. The summed E-state index contributed by atoms with van der Waals surface area (Å²) in [6.07, 6.45) is 7.76. The molecule has 2 amide bonds. The van der Waals surface area contributed by atoms with Gasteiger partial charge in [-0.05, 0) is 62.9 Å². The van der Waals surface area contributed by atoms with Crippen molar-refractivity contribution in [3.63, 3.8) is 0 Å². The topological polar surface area (TPSA) is 124 Å². The zero-order valence-electron chi connectivity index (χ0n) is 27.5. The number of fused-ring (bicyclic) bond motifs is 1. The quantitative estimate of drug-likeness (QED) is 0.221. The van der Waals surface area contributed by atoms with Crippen molar-refractivity contribution in [3.05, 3.63) is 72.2 Å². The highest BCUT2D eigenvalue weighted by Gasteiger charge is 2.27. The molecule has 0 radical (unpaired) electrons. The second-order valence-corrected chi connectivity index (χ2v) is 12.8. The van der Waals surface area contributed by atoms with E-state index >= 15 is 0 Å². The van der Waals surface area contributed by atoms with E-state index in [-0.39, 0.29) is 36.6 Å². The molecule has 1 fully saturated rings. The summed E-state index contributed by atoms with van der Waals surface area (Å²) in [5, 5.41) is 10.9. The maximum atomic E-state index is 13.0. The minimum Gasteiger partial charge on any atom is -0.484 e. The van der Waals surface area contributed by atoms with E-state index < -0.39 is 0 Å². The Morgan fingerprint density at radius 3 is 2.60 bits per heavy atom. The second kappa shape index (κ2) is 14.3. The van der Waals surface area contributed by atoms with Crippen molar-refractivity contribution >= 4 is 23.3 Å². The first-order chi connectivity index (χ1) is 22.7. The van der Waals surface area contributed by atoms with E-state index in [1.54, 1.807) is 0 Å². The summed E-state index contributed by atoms with van der Waals surface area (Å²) in [5.74, 6) is 1.59. The Hall–Kier alpha value is -4.77. The highest BCUT2D eigenvalue weighted by Crippen LogP contribution is 2.32. The van der Waals surface area contributed by atoms with Gasteiger partial charge in [0.25, 0.3) is 5.91 Å². The number of hydrogen-bond acceptors (Lipinski definition) is 8. The Bertz CT molecular complexity index is 1710. The van der Waals surface area contributed by atoms with Crippen LogP contribution >= 0.6 is 0 Å². The van der Waals surface area contributed by atoms with E-state index in [4.69, 9.17) is 19.4 Å². The largest absolute Gasteiger partial charge is 0.484 e. The monoisotopic (exact) mass is 637 g/mol. The van der Waals surface area contributed by atoms with Crippen molar-refractivity contribution in [2.75, 3.05) is 25.1 Å². The summed E-state index contributed by atoms with van der Waals surface area (Å²) < 4.78 is 13.6. The average molecular weight is 638 g/mol. The molecule has 2 aromatic carbocycles. The molecule has 47 heavy (non-hydrogen) atoms. The highest BCUT2D eigenvalue weighted by molar-refractivity contribution is 5.79. The summed E-state index contributed by atoms with van der Waals surface area (Å²) in [4.78, 5) is 36.9. The van der Waals surface area contributed by atoms with E-state index in [0.717, 1.165) is 59.5 Å². The summed E-state index contributed by atoms with van der Waals surface area (Å²) in [5.41, 5.74) is 5.53. The molecule has 2 aliphatic heterocycles. The number of nitrogens with zero attached hydrogens (tertiary/aromatic N) is 5. The number of ether oxygens (including phenoxy) is 2. The van der Waals surface area contributed by atoms with Crippen LogP contribution in [0.2, 0.25) is 0 Å². The molecule has 2 N–H and O–H groups in total. The lowest BCUT2D eigenvalue weighted by atomic mass is 10.0. The van der Waals surface area contributed by atoms with Gasteiger partial charge in [0.2, 0.25) is 5.91 Å². The van der Waals surface area contributed by atoms with Crippen LogP contribution in [0.4, 0.5) is 11.5 Å². The van der Waals surface area contributed by atoms with Gasteiger partial charge in [-0.15, -0.1) is 0 Å². The third-order valence-electron chi connectivity index (χ3n) is 8.31. The zero-order valence-corrected chi connectivity index (χ0v) is 27.5. The number of carbonyl (C=O) groups excluding carboxylic acids is 2. The van der Waals surface area contributed by atoms with Gasteiger partial charge in [-0.1, -0.05) is 38.1 Å². The number of aromatic nitrogens is 4. The molecule has 1 atom stereocenters. The molecule has 11 nitrogen and oxygen atoms in total. The molecule has 6 rings (SSSR count). The number of nitrogens with one attached hydrogen (secondary N) is 2. The van der Waals surface area contributed by atoms with Crippen LogP contribution < -0.4 is 15.4 Å². The zero-order chi connectivity index (χ0) is 32.9. The van der Waals surface area contributed by atoms with Gasteiger partial charge in [0.15, 0.2) is 12.4 Å². The van der Waals surface area contributed by atoms with Crippen molar-refractivity contribution in [2.24, 2.45) is 5.92 Å². The summed E-state index contributed by atoms with van der Waals surface area (Å²) in [6, 6.07) is 15.7. The Balaban J connectivity index is 1.26. The third kappa shape index (κ3) is 7.79. The summed E-state index contributed by atoms with van der Waals surface area (Å²) in [7, 11) is 0. The van der Waals surface area contributed by atoms with Crippen LogP contribution in [-0.2, 0) is 27.3 Å². The molecular weight excluding hydrogens is 594 g/mol. The fourth-order valence-electron chi connectivity index (χ4n) is 5.90. The van der Waals surface area contributed by atoms with Gasteiger partial charge in [-0.2, -0.15) is 5.10 Å². The van der Waals surface area contributed by atoms with Crippen molar-refractivity contribution < 1.29 is 19.1 Å². The van der Waals surface area contributed by atoms with Gasteiger partial charge in [-0.25, -0.2) is 14.6 Å². The van der Waals surface area contributed by atoms with Crippen molar-refractivity contribution in [1.29, 1.82) is 0 Å². The number of amides is 2. The van der Waals surface area contributed by atoms with Crippen LogP contribution in [0.1, 0.15) is 64.4 Å². The fraction of sp³-hybridized carbons (Fsp3) is 0.417. The molecule has 2 aliphatic rings. The van der Waals surface area contributed by atoms with Crippen LogP contribution in [0.25, 0.3) is 22.5 Å². The molecular formula is C36H43N7O4. The first-order valence-corrected chi connectivity index (χ1v) is 16.5. The normalized spacial score (nSPS) is 16.2. The van der Waals surface area contributed by atoms with E-state index in [2.05, 4.69) is 27.9 Å². The second-order valence-electron chi connectivity index (χ2n) is 12.8. The first-order valence-electron chi connectivity index (χ1n) is 16.5. The Morgan fingerprint density at radius 2 is 1.85 bits per heavy atom. The molecule has 0 saturated carbocycles. The van der Waals surface area contributed by atoms with E-state index in [1.807, 2.05) is 86.1 Å². The standard InChI is InChI=1S/C36H43N7O4/c1-23(2)36(45)42-16-15-31-30(21-42)35(41-34(40-31)26-8-7-9-29(18-26)47-22-32(44)38-24(3)4)39-28-13-11-25(12-14-28)27-19-37-43(20-27)33-10-5-6-17-46-33/h7-9,11-14,18-20,23-24,33H,5-6,10,15-17,21-22H2,1-4H3,(H,38,44)(H,39,40,41). The highest BCUT2D eigenvalue weighted by atomic mass is 16.5. The van der Waals surface area contributed by atoms with Crippen LogP contribution in [0.15, 0.2) is 60.9 Å². The van der Waals surface area contributed by atoms with Crippen LogP contribution in [0.3, 0.4) is 0 Å². The summed E-state index contributed by atoms with van der Waals surface area (Å²) in [6.45, 7) is 9.39. The number of anilines is 2. The SMILES string of the molecule is CC(C)NC(=O)COc1cccc(-c2nc3c(c(Nc4ccc(-c5cnn(C6CCCCO6)c5)cc4)n2)CN(C(=O)C(C)C)CC3)c1. The van der Waals surface area contributed by atoms with Crippen molar-refractivity contribution in [1.82, 2.24) is 30.0 Å². The van der Waals surface area contributed by atoms with Gasteiger partial charge in [0.1, 0.15) is 17.8 Å². The molecule has 0 aliphatic carbocycles. The number of carbonyl (C=O) groups is 2. The average Bonchev–Trinajstić information content (AvgIpc) is 3.58. The Labute approximate surface area is 275 Å². The van der Waals surface area contributed by atoms with Crippen molar-refractivity contribution in [2.45, 2.75) is 72.2 Å². The van der Waals surface area contributed by atoms with Crippen LogP contribution in [-0.4, -0.2) is 62.3 Å². The lowest BCUT2D eigenvalue weighted by Gasteiger charge is -2.31. The van der Waals surface area contributed by atoms with E-state index in [1.165, 1.54) is 0 Å². The molecule has 2 aromatic heterocycles. The third-order valence-corrected chi connectivity index (χ3v) is 8.31. The maximum absolute atomic E-state index is 13.0. The molecule has 0 bridgehead atoms. The van der Waals surface area contributed by atoms with Gasteiger partial charge in [0, 0.05) is 60.1 Å². The number of rotatable bonds is 10. The predicted octanol–water partition coefficient (Wildman–Crippen LogP) is 5.89. The molecule has 11 heteroatoms. The van der Waals surface area contributed by atoms with Gasteiger partial charge < -0.3 is 25.0 Å². The predicted molar refractivity (Wildman–Crippen MR) is 180 cm³/mol. The van der Waals surface area contributed by atoms with Crippen LogP contribution in [0, 0.1) is 5.92 Å². The lowest BCUT2D eigenvalue weighted by molar-refractivity contribution is -0.135. The summed E-state index contributed by atoms with van der Waals surface area (Å²) >= 11 is 0. The van der Waals surface area contributed by atoms with E-state index in [0.29, 0.717) is 36.9 Å². The molecule has 0 spiro atoms. The molecule has 1 saturated heterocycles. The fourth-order valence-corrected chi connectivity index (χ4v) is 5.90. The van der Waals surface area contributed by atoms with Gasteiger partial charge in [-0.3, -0.25) is 9.59 Å². The molecule has 4 aromatic rings. The minimum absolute atomic E-state index is 0.00430. The molecule has 4 heterocycles. The number of benzene rings is 2. The maximum Gasteiger partial charge on any atom is 0.258 e. The lowest BCUT2D eigenvalue weighted by Crippen LogP contribution is -2.39. The molecule has 1 unspecified atom stereocenters. The first kappa shape index (κ1) is 32.2. The Morgan fingerprint density at radius 1 is 1.02 bits per heavy atom. The van der Waals surface area contributed by atoms with Crippen LogP contribution in [0.5, 0.6) is 5.75 Å². The Kier molecular flexibility index (Phi) is 9.81. The van der Waals surface area contributed by atoms with Gasteiger partial charge in [0.05, 0.1) is 18.4 Å². The van der Waals surface area contributed by atoms with E-state index in [9.17, 15) is 9.59 Å². The van der Waals surface area contributed by atoms with Crippen molar-refractivity contribution in [3.8, 4) is 28.3 Å². The number of hydrogen-bond donors (Lipinski definition) is 2. The van der Waals surface area contributed by atoms with Gasteiger partial charge >= 0.3 is 0 Å².